The maximum Gasteiger partial charge on any atom is 0.154 e. The molecule has 0 aromatic heterocycles. The molecule has 0 aromatic rings. The van der Waals surface area contributed by atoms with E-state index in [0.29, 0.717) is 0 Å². The van der Waals surface area contributed by atoms with Crippen LogP contribution in [0.4, 0.5) is 0 Å². The molecule has 0 spiro atoms. The molecule has 1 aliphatic carbocycles. The van der Waals surface area contributed by atoms with Crippen LogP contribution in [0.15, 0.2) is 0 Å². The summed E-state index contributed by atoms with van der Waals surface area (Å²) in [6.07, 6.45) is 4.94. The fourth-order valence-corrected chi connectivity index (χ4v) is 3.54. The van der Waals surface area contributed by atoms with Crippen molar-refractivity contribution in [1.29, 1.82) is 5.26 Å². The van der Waals surface area contributed by atoms with Crippen LogP contribution in [0.3, 0.4) is 0 Å². The van der Waals surface area contributed by atoms with Crippen LogP contribution in [0.5, 0.6) is 0 Å². The molecule has 0 bridgehead atoms. The van der Waals surface area contributed by atoms with Gasteiger partial charge in [-0.25, -0.2) is 8.42 Å². The van der Waals surface area contributed by atoms with Crippen LogP contribution in [0, 0.1) is 11.3 Å². The van der Waals surface area contributed by atoms with Crippen molar-refractivity contribution in [2.24, 2.45) is 0 Å². The average molecular weight is 201 g/mol. The molecule has 3 nitrogen and oxygen atoms in total. The number of nitrogens with zero attached hydrogens (tertiary/aromatic N) is 1. The molecule has 0 N–H and O–H groups in total. The van der Waals surface area contributed by atoms with Gasteiger partial charge in [-0.2, -0.15) is 5.26 Å². The first-order valence-corrected chi connectivity index (χ1v) is 6.47. The highest BCUT2D eigenvalue weighted by Crippen LogP contribution is 2.24. The molecule has 0 atom stereocenters. The maximum atomic E-state index is 11.6. The quantitative estimate of drug-likeness (QED) is 0.697. The Bertz CT molecular complexity index is 283. The summed E-state index contributed by atoms with van der Waals surface area (Å²) in [5.74, 6) is 0.0498. The minimum Gasteiger partial charge on any atom is -0.229 e. The summed E-state index contributed by atoms with van der Waals surface area (Å²) in [6, 6.07) is 1.88. The normalized spacial score (nSPS) is 19.6. The SMILES string of the molecule is N#CCCS(=O)(=O)C1CCCCC1. The summed E-state index contributed by atoms with van der Waals surface area (Å²) in [4.78, 5) is 0. The fourth-order valence-electron chi connectivity index (χ4n) is 1.78. The zero-order valence-electron chi connectivity index (χ0n) is 7.70. The first kappa shape index (κ1) is 10.5. The minimum absolute atomic E-state index is 0.0498. The third kappa shape index (κ3) is 3.00. The summed E-state index contributed by atoms with van der Waals surface area (Å²) in [5.41, 5.74) is 0. The Morgan fingerprint density at radius 3 is 2.38 bits per heavy atom. The predicted octanol–water partition coefficient (Wildman–Crippen LogP) is 1.65. The summed E-state index contributed by atoms with van der Waals surface area (Å²) < 4.78 is 23.2. The van der Waals surface area contributed by atoms with Crippen molar-refractivity contribution in [2.45, 2.75) is 43.8 Å². The molecule has 13 heavy (non-hydrogen) atoms. The smallest absolute Gasteiger partial charge is 0.154 e. The van der Waals surface area contributed by atoms with E-state index in [0.717, 1.165) is 32.1 Å². The van der Waals surface area contributed by atoms with Crippen LogP contribution < -0.4 is 0 Å². The van der Waals surface area contributed by atoms with Crippen LogP contribution in [0.1, 0.15) is 38.5 Å². The Labute approximate surface area is 79.7 Å². The van der Waals surface area contributed by atoms with Gasteiger partial charge >= 0.3 is 0 Å². The summed E-state index contributed by atoms with van der Waals surface area (Å²) >= 11 is 0. The lowest BCUT2D eigenvalue weighted by molar-refractivity contribution is 0.484. The van der Waals surface area contributed by atoms with Crippen molar-refractivity contribution in [3.8, 4) is 6.07 Å². The van der Waals surface area contributed by atoms with Crippen LogP contribution >= 0.6 is 0 Å². The molecule has 0 heterocycles. The van der Waals surface area contributed by atoms with Gasteiger partial charge in [0.1, 0.15) is 0 Å². The van der Waals surface area contributed by atoms with E-state index in [1.165, 1.54) is 0 Å². The highest BCUT2D eigenvalue weighted by molar-refractivity contribution is 7.92. The van der Waals surface area contributed by atoms with E-state index < -0.39 is 9.84 Å². The molecular weight excluding hydrogens is 186 g/mol. The highest BCUT2D eigenvalue weighted by atomic mass is 32.2. The molecule has 74 valence electrons. The van der Waals surface area contributed by atoms with E-state index in [1.807, 2.05) is 6.07 Å². The third-order valence-corrected chi connectivity index (χ3v) is 4.82. The van der Waals surface area contributed by atoms with Crippen molar-refractivity contribution in [1.82, 2.24) is 0 Å². The van der Waals surface area contributed by atoms with Crippen molar-refractivity contribution in [3.05, 3.63) is 0 Å². The van der Waals surface area contributed by atoms with Gasteiger partial charge in [-0.3, -0.25) is 0 Å². The van der Waals surface area contributed by atoms with Crippen LogP contribution in [-0.2, 0) is 9.84 Å². The number of nitriles is 1. The average Bonchev–Trinajstić information content (AvgIpc) is 2.16. The first-order chi connectivity index (χ1) is 6.17. The molecule has 0 aromatic carbocycles. The third-order valence-electron chi connectivity index (χ3n) is 2.56. The Kier molecular flexibility index (Phi) is 3.73. The van der Waals surface area contributed by atoms with Crippen LogP contribution in [0.25, 0.3) is 0 Å². The second-order valence-corrected chi connectivity index (χ2v) is 5.94. The van der Waals surface area contributed by atoms with Gasteiger partial charge in [-0.15, -0.1) is 0 Å². The van der Waals surface area contributed by atoms with Gasteiger partial charge < -0.3 is 0 Å². The lowest BCUT2D eigenvalue weighted by atomic mass is 10.0. The van der Waals surface area contributed by atoms with Gasteiger partial charge in [0, 0.05) is 6.42 Å². The molecular formula is C9H15NO2S. The molecule has 0 radical (unpaired) electrons. The summed E-state index contributed by atoms with van der Waals surface area (Å²) in [7, 11) is -2.97. The van der Waals surface area contributed by atoms with Gasteiger partial charge in [0.2, 0.25) is 0 Å². The fraction of sp³-hybridized carbons (Fsp3) is 0.889. The lowest BCUT2D eigenvalue weighted by Gasteiger charge is -2.20. The van der Waals surface area contributed by atoms with E-state index in [4.69, 9.17) is 5.26 Å². The summed E-state index contributed by atoms with van der Waals surface area (Å²) in [5, 5.41) is 8.16. The number of sulfone groups is 1. The van der Waals surface area contributed by atoms with Gasteiger partial charge in [-0.1, -0.05) is 19.3 Å². The first-order valence-electron chi connectivity index (χ1n) is 4.75. The zero-order valence-corrected chi connectivity index (χ0v) is 8.52. The Morgan fingerprint density at radius 2 is 1.85 bits per heavy atom. The molecule has 1 rings (SSSR count). The largest absolute Gasteiger partial charge is 0.229 e. The van der Waals surface area contributed by atoms with Crippen molar-refractivity contribution < 1.29 is 8.42 Å². The van der Waals surface area contributed by atoms with E-state index in [9.17, 15) is 8.42 Å². The van der Waals surface area contributed by atoms with Crippen LogP contribution in [-0.4, -0.2) is 19.4 Å². The van der Waals surface area contributed by atoms with E-state index in [2.05, 4.69) is 0 Å². The number of hydrogen-bond donors (Lipinski definition) is 0. The van der Waals surface area contributed by atoms with Crippen molar-refractivity contribution >= 4 is 9.84 Å². The second-order valence-electron chi connectivity index (χ2n) is 3.54. The molecule has 1 fully saturated rings. The molecule has 0 amide bonds. The molecule has 0 saturated heterocycles. The van der Waals surface area contributed by atoms with E-state index in [-0.39, 0.29) is 17.4 Å². The summed E-state index contributed by atoms with van der Waals surface area (Å²) in [6.45, 7) is 0. The van der Waals surface area contributed by atoms with Crippen molar-refractivity contribution in [3.63, 3.8) is 0 Å². The molecule has 0 unspecified atom stereocenters. The lowest BCUT2D eigenvalue weighted by Crippen LogP contribution is -2.26. The molecule has 0 aliphatic heterocycles. The predicted molar refractivity (Wildman–Crippen MR) is 50.9 cm³/mol. The zero-order chi connectivity index (χ0) is 9.73. The van der Waals surface area contributed by atoms with E-state index >= 15 is 0 Å². The topological polar surface area (TPSA) is 57.9 Å². The van der Waals surface area contributed by atoms with Crippen molar-refractivity contribution in [2.75, 3.05) is 5.75 Å². The minimum atomic E-state index is -2.97. The molecule has 4 heteroatoms. The maximum absolute atomic E-state index is 11.6. The Hall–Kier alpha value is -0.560. The highest BCUT2D eigenvalue weighted by Gasteiger charge is 2.26. The molecule has 1 saturated carbocycles. The number of hydrogen-bond acceptors (Lipinski definition) is 3. The van der Waals surface area contributed by atoms with Gasteiger partial charge in [-0.05, 0) is 12.8 Å². The Balaban J connectivity index is 2.53. The second kappa shape index (κ2) is 4.61. The monoisotopic (exact) mass is 201 g/mol. The number of rotatable bonds is 3. The molecule has 1 aliphatic rings. The standard InChI is InChI=1S/C9H15NO2S/c10-7-4-8-13(11,12)9-5-2-1-3-6-9/h9H,1-6,8H2. The van der Waals surface area contributed by atoms with Gasteiger partial charge in [0.15, 0.2) is 9.84 Å². The van der Waals surface area contributed by atoms with Crippen LogP contribution in [0.2, 0.25) is 0 Å². The van der Waals surface area contributed by atoms with Gasteiger partial charge in [0.25, 0.3) is 0 Å². The Morgan fingerprint density at radius 1 is 1.23 bits per heavy atom. The van der Waals surface area contributed by atoms with Gasteiger partial charge in [0.05, 0.1) is 17.1 Å². The van der Waals surface area contributed by atoms with E-state index in [1.54, 1.807) is 0 Å².